The minimum absolute atomic E-state index is 0.872. The van der Waals surface area contributed by atoms with Crippen LogP contribution in [-0.2, 0) is 0 Å². The average Bonchev–Trinajstić information content (AvgIpc) is 2.37. The molecule has 1 aromatic rings. The molecule has 1 rings (SSSR count). The summed E-state index contributed by atoms with van der Waals surface area (Å²) < 4.78 is 4.11. The van der Waals surface area contributed by atoms with Gasteiger partial charge in [-0.3, -0.25) is 0 Å². The summed E-state index contributed by atoms with van der Waals surface area (Å²) in [6.45, 7) is 2.09. The number of aromatic nitrogens is 2. The lowest BCUT2D eigenvalue weighted by molar-refractivity contribution is 1.08. The van der Waals surface area contributed by atoms with Crippen LogP contribution in [0.5, 0.6) is 0 Å². The number of nitrogens with zero attached hydrogens (tertiary/aromatic N) is 2. The van der Waals surface area contributed by atoms with Gasteiger partial charge in [0.25, 0.3) is 0 Å². The van der Waals surface area contributed by atoms with Crippen LogP contribution >= 0.6 is 23.3 Å². The molecule has 0 amide bonds. The van der Waals surface area contributed by atoms with Crippen molar-refractivity contribution in [2.24, 2.45) is 0 Å². The Morgan fingerprint density at radius 2 is 2.50 bits per heavy atom. The topological polar surface area (TPSA) is 37.8 Å². The largest absolute Gasteiger partial charge is 0.363 e. The molecule has 0 atom stereocenters. The summed E-state index contributed by atoms with van der Waals surface area (Å²) >= 11 is 3.06. The fraction of sp³-hybridized carbons (Fsp3) is 0.600. The number of nitrogens with one attached hydrogen (secondary N) is 1. The summed E-state index contributed by atoms with van der Waals surface area (Å²) in [5, 5.41) is 4.69. The Kier molecular flexibility index (Phi) is 2.95. The van der Waals surface area contributed by atoms with Crippen molar-refractivity contribution in [3.63, 3.8) is 0 Å². The van der Waals surface area contributed by atoms with Crippen molar-refractivity contribution in [3.05, 3.63) is 0 Å². The highest BCUT2D eigenvalue weighted by atomic mass is 32.2. The zero-order chi connectivity index (χ0) is 7.40. The van der Waals surface area contributed by atoms with Crippen molar-refractivity contribution in [2.45, 2.75) is 12.1 Å². The second-order valence-electron chi connectivity index (χ2n) is 1.57. The summed E-state index contributed by atoms with van der Waals surface area (Å²) in [5.74, 6) is 1.03. The summed E-state index contributed by atoms with van der Waals surface area (Å²) in [4.78, 5) is 4.18. The third-order valence-electron chi connectivity index (χ3n) is 0.895. The zero-order valence-electron chi connectivity index (χ0n) is 5.92. The Morgan fingerprint density at radius 3 is 3.00 bits per heavy atom. The molecule has 1 N–H and O–H groups in total. The molecule has 1 aromatic heterocycles. The molecule has 0 aromatic carbocycles. The molecule has 0 bridgehead atoms. The highest BCUT2D eigenvalue weighted by molar-refractivity contribution is 7.99. The first-order chi connectivity index (χ1) is 4.86. The van der Waals surface area contributed by atoms with Gasteiger partial charge in [-0.05, 0) is 5.75 Å². The van der Waals surface area contributed by atoms with E-state index in [-0.39, 0.29) is 0 Å². The van der Waals surface area contributed by atoms with E-state index in [0.717, 1.165) is 16.0 Å². The summed E-state index contributed by atoms with van der Waals surface area (Å²) in [6.07, 6.45) is 0. The molecule has 0 aliphatic heterocycles. The monoisotopic (exact) mass is 175 g/mol. The van der Waals surface area contributed by atoms with Crippen molar-refractivity contribution in [1.29, 1.82) is 0 Å². The predicted molar refractivity (Wildman–Crippen MR) is 45.9 cm³/mol. The van der Waals surface area contributed by atoms with Gasteiger partial charge in [0, 0.05) is 18.6 Å². The van der Waals surface area contributed by atoms with E-state index < -0.39 is 0 Å². The minimum Gasteiger partial charge on any atom is -0.363 e. The van der Waals surface area contributed by atoms with Crippen LogP contribution in [0.4, 0.5) is 5.13 Å². The van der Waals surface area contributed by atoms with Gasteiger partial charge in [0.1, 0.15) is 0 Å². The normalized spacial score (nSPS) is 9.80. The highest BCUT2D eigenvalue weighted by Gasteiger charge is 1.99. The van der Waals surface area contributed by atoms with E-state index in [1.54, 1.807) is 11.8 Å². The molecule has 0 aliphatic carbocycles. The van der Waals surface area contributed by atoms with Gasteiger partial charge in [-0.25, -0.2) is 0 Å². The third-order valence-corrected chi connectivity index (χ3v) is 2.47. The van der Waals surface area contributed by atoms with Crippen molar-refractivity contribution in [1.82, 2.24) is 9.36 Å². The molecular formula is C5H9N3S2. The van der Waals surface area contributed by atoms with Crippen LogP contribution in [0, 0.1) is 0 Å². The molecular weight excluding hydrogens is 166 g/mol. The maximum Gasteiger partial charge on any atom is 0.203 e. The molecule has 5 heteroatoms. The van der Waals surface area contributed by atoms with Gasteiger partial charge in [-0.15, -0.1) is 0 Å². The molecule has 0 unspecified atom stereocenters. The lowest BCUT2D eigenvalue weighted by Crippen LogP contribution is -1.85. The van der Waals surface area contributed by atoms with E-state index in [2.05, 4.69) is 21.6 Å². The first-order valence-electron chi connectivity index (χ1n) is 3.01. The average molecular weight is 175 g/mol. The second kappa shape index (κ2) is 3.78. The Hall–Kier alpha value is -0.290. The number of rotatable bonds is 3. The van der Waals surface area contributed by atoms with Crippen LogP contribution < -0.4 is 5.32 Å². The molecule has 0 fully saturated rings. The van der Waals surface area contributed by atoms with Crippen molar-refractivity contribution >= 4 is 28.4 Å². The lowest BCUT2D eigenvalue weighted by Gasteiger charge is -1.86. The molecule has 0 saturated heterocycles. The fourth-order valence-electron chi connectivity index (χ4n) is 0.499. The Morgan fingerprint density at radius 1 is 1.70 bits per heavy atom. The molecule has 0 radical (unpaired) electrons. The Labute approximate surface area is 68.4 Å². The van der Waals surface area contributed by atoms with E-state index in [1.165, 1.54) is 11.5 Å². The van der Waals surface area contributed by atoms with Gasteiger partial charge in [0.15, 0.2) is 0 Å². The standard InChI is InChI=1S/C5H9N3S2/c1-3-9-5-7-4(6-2)10-8-5/h3H2,1-2H3,(H,6,7,8). The van der Waals surface area contributed by atoms with Crippen molar-refractivity contribution in [2.75, 3.05) is 18.1 Å². The summed E-state index contributed by atoms with van der Waals surface area (Å²) in [7, 11) is 1.85. The van der Waals surface area contributed by atoms with Crippen LogP contribution in [0.1, 0.15) is 6.92 Å². The SMILES string of the molecule is CCSc1nsc(NC)n1. The maximum absolute atomic E-state index is 4.18. The van der Waals surface area contributed by atoms with E-state index in [0.29, 0.717) is 0 Å². The van der Waals surface area contributed by atoms with E-state index in [4.69, 9.17) is 0 Å². The predicted octanol–water partition coefficient (Wildman–Crippen LogP) is 1.69. The quantitative estimate of drug-likeness (QED) is 0.709. The smallest absolute Gasteiger partial charge is 0.203 e. The van der Waals surface area contributed by atoms with Gasteiger partial charge in [0.2, 0.25) is 10.3 Å². The Balaban J connectivity index is 2.59. The summed E-state index contributed by atoms with van der Waals surface area (Å²) in [6, 6.07) is 0. The van der Waals surface area contributed by atoms with Crippen LogP contribution in [0.3, 0.4) is 0 Å². The van der Waals surface area contributed by atoms with Gasteiger partial charge in [-0.2, -0.15) is 9.36 Å². The molecule has 0 spiro atoms. The van der Waals surface area contributed by atoms with Crippen LogP contribution in [0.2, 0.25) is 0 Å². The number of thioether (sulfide) groups is 1. The second-order valence-corrected chi connectivity index (χ2v) is 3.55. The fourth-order valence-corrected chi connectivity index (χ4v) is 1.72. The first kappa shape index (κ1) is 7.81. The maximum atomic E-state index is 4.18. The van der Waals surface area contributed by atoms with Gasteiger partial charge >= 0.3 is 0 Å². The number of hydrogen-bond donors (Lipinski definition) is 1. The summed E-state index contributed by atoms with van der Waals surface area (Å²) in [5.41, 5.74) is 0. The Bertz CT molecular complexity index is 199. The number of anilines is 1. The van der Waals surface area contributed by atoms with Crippen LogP contribution in [-0.4, -0.2) is 22.2 Å². The molecule has 1 heterocycles. The lowest BCUT2D eigenvalue weighted by atomic mass is 11.0. The van der Waals surface area contributed by atoms with E-state index >= 15 is 0 Å². The first-order valence-corrected chi connectivity index (χ1v) is 4.77. The van der Waals surface area contributed by atoms with E-state index in [9.17, 15) is 0 Å². The van der Waals surface area contributed by atoms with Gasteiger partial charge < -0.3 is 5.32 Å². The third kappa shape index (κ3) is 1.85. The van der Waals surface area contributed by atoms with E-state index in [1.807, 2.05) is 7.05 Å². The molecule has 10 heavy (non-hydrogen) atoms. The van der Waals surface area contributed by atoms with Gasteiger partial charge in [0.05, 0.1) is 0 Å². The molecule has 3 nitrogen and oxygen atoms in total. The number of hydrogen-bond acceptors (Lipinski definition) is 5. The van der Waals surface area contributed by atoms with Crippen molar-refractivity contribution < 1.29 is 0 Å². The van der Waals surface area contributed by atoms with Gasteiger partial charge in [-0.1, -0.05) is 18.7 Å². The highest BCUT2D eigenvalue weighted by Crippen LogP contribution is 2.18. The van der Waals surface area contributed by atoms with Crippen molar-refractivity contribution in [3.8, 4) is 0 Å². The minimum atomic E-state index is 0.872. The molecule has 0 saturated carbocycles. The van der Waals surface area contributed by atoms with Crippen LogP contribution in [0.15, 0.2) is 5.16 Å². The van der Waals surface area contributed by atoms with Crippen LogP contribution in [0.25, 0.3) is 0 Å². The zero-order valence-corrected chi connectivity index (χ0v) is 7.55. The molecule has 56 valence electrons. The molecule has 0 aliphatic rings.